The summed E-state index contributed by atoms with van der Waals surface area (Å²) in [5.41, 5.74) is 0.880. The Morgan fingerprint density at radius 2 is 2.24 bits per heavy atom. The Bertz CT molecular complexity index is 610. The molecule has 6 heteroatoms. The van der Waals surface area contributed by atoms with Crippen molar-refractivity contribution >= 4 is 23.3 Å². The van der Waals surface area contributed by atoms with Gasteiger partial charge in [-0.2, -0.15) is 0 Å². The number of rotatable bonds is 5. The third-order valence-electron chi connectivity index (χ3n) is 3.06. The van der Waals surface area contributed by atoms with Gasteiger partial charge in [0.15, 0.2) is 12.4 Å². The molecule has 1 aliphatic heterocycles. The number of hydrogen-bond donors (Lipinski definition) is 1. The van der Waals surface area contributed by atoms with Crippen molar-refractivity contribution in [1.82, 2.24) is 4.90 Å². The first-order chi connectivity index (χ1) is 10.0. The number of ketones is 1. The monoisotopic (exact) mass is 288 g/mol. The standard InChI is InChI=1S/C15H16N2O4/c1-3-6-17(10(2)18)8-13(19)11-4-5-14-12(7-11)16-15(20)9-21-14/h3-5,7H,1,6,8-9H2,2H3,(H,16,20). The molecule has 0 aliphatic carbocycles. The zero-order chi connectivity index (χ0) is 15.4. The molecule has 21 heavy (non-hydrogen) atoms. The molecule has 0 unspecified atom stereocenters. The lowest BCUT2D eigenvalue weighted by molar-refractivity contribution is -0.127. The van der Waals surface area contributed by atoms with Gasteiger partial charge in [0.25, 0.3) is 5.91 Å². The van der Waals surface area contributed by atoms with E-state index in [1.165, 1.54) is 11.8 Å². The summed E-state index contributed by atoms with van der Waals surface area (Å²) < 4.78 is 5.23. The minimum Gasteiger partial charge on any atom is -0.482 e. The van der Waals surface area contributed by atoms with Crippen LogP contribution in [0.1, 0.15) is 17.3 Å². The fourth-order valence-electron chi connectivity index (χ4n) is 1.98. The zero-order valence-corrected chi connectivity index (χ0v) is 11.7. The first-order valence-electron chi connectivity index (χ1n) is 6.47. The van der Waals surface area contributed by atoms with Crippen molar-refractivity contribution in [2.45, 2.75) is 6.92 Å². The number of nitrogens with one attached hydrogen (secondary N) is 1. The number of carbonyl (C=O) groups excluding carboxylic acids is 3. The van der Waals surface area contributed by atoms with Gasteiger partial charge in [0, 0.05) is 19.0 Å². The predicted octanol–water partition coefficient (Wildman–Crippen LogP) is 1.23. The number of ether oxygens (including phenoxy) is 1. The molecule has 1 N–H and O–H groups in total. The van der Waals surface area contributed by atoms with Crippen LogP contribution in [-0.2, 0) is 9.59 Å². The number of hydrogen-bond acceptors (Lipinski definition) is 4. The molecule has 1 aromatic carbocycles. The van der Waals surface area contributed by atoms with Gasteiger partial charge in [0.2, 0.25) is 5.91 Å². The lowest BCUT2D eigenvalue weighted by Gasteiger charge is -2.20. The molecule has 110 valence electrons. The number of Topliss-reactive ketones (excluding diaryl/α,β-unsaturated/α-hetero) is 1. The van der Waals surface area contributed by atoms with E-state index in [0.29, 0.717) is 23.5 Å². The first-order valence-corrected chi connectivity index (χ1v) is 6.47. The second kappa shape index (κ2) is 6.21. The van der Waals surface area contributed by atoms with Gasteiger partial charge in [-0.25, -0.2) is 0 Å². The second-order valence-electron chi connectivity index (χ2n) is 4.66. The number of nitrogens with zero attached hydrogens (tertiary/aromatic N) is 1. The summed E-state index contributed by atoms with van der Waals surface area (Å²) >= 11 is 0. The fourth-order valence-corrected chi connectivity index (χ4v) is 1.98. The summed E-state index contributed by atoms with van der Waals surface area (Å²) in [4.78, 5) is 36.3. The Labute approximate surface area is 122 Å². The SMILES string of the molecule is C=CCN(CC(=O)c1ccc2c(c1)NC(=O)CO2)C(C)=O. The Morgan fingerprint density at radius 3 is 2.90 bits per heavy atom. The largest absolute Gasteiger partial charge is 0.482 e. The summed E-state index contributed by atoms with van der Waals surface area (Å²) in [6.45, 7) is 5.21. The van der Waals surface area contributed by atoms with Crippen LogP contribution in [0.4, 0.5) is 5.69 Å². The smallest absolute Gasteiger partial charge is 0.262 e. The normalized spacial score (nSPS) is 12.7. The van der Waals surface area contributed by atoms with E-state index >= 15 is 0 Å². The molecule has 0 atom stereocenters. The molecular weight excluding hydrogens is 272 g/mol. The first kappa shape index (κ1) is 14.8. The molecule has 0 bridgehead atoms. The third-order valence-corrected chi connectivity index (χ3v) is 3.06. The number of fused-ring (bicyclic) bond motifs is 1. The van der Waals surface area contributed by atoms with E-state index in [-0.39, 0.29) is 30.7 Å². The van der Waals surface area contributed by atoms with Crippen molar-refractivity contribution in [3.05, 3.63) is 36.4 Å². The van der Waals surface area contributed by atoms with Crippen LogP contribution in [0.2, 0.25) is 0 Å². The van der Waals surface area contributed by atoms with Gasteiger partial charge in [-0.1, -0.05) is 6.08 Å². The lowest BCUT2D eigenvalue weighted by atomic mass is 10.1. The molecular formula is C15H16N2O4. The van der Waals surface area contributed by atoms with Gasteiger partial charge in [0.05, 0.1) is 12.2 Å². The number of benzene rings is 1. The molecule has 0 radical (unpaired) electrons. The quantitative estimate of drug-likeness (QED) is 0.653. The zero-order valence-electron chi connectivity index (χ0n) is 11.7. The van der Waals surface area contributed by atoms with Crippen LogP contribution in [0.3, 0.4) is 0 Å². The molecule has 2 rings (SSSR count). The van der Waals surface area contributed by atoms with Crippen molar-refractivity contribution in [2.75, 3.05) is 25.0 Å². The maximum absolute atomic E-state index is 12.2. The maximum Gasteiger partial charge on any atom is 0.262 e. The van der Waals surface area contributed by atoms with Crippen molar-refractivity contribution in [1.29, 1.82) is 0 Å². The Kier molecular flexibility index (Phi) is 4.37. The molecule has 0 fully saturated rings. The van der Waals surface area contributed by atoms with Gasteiger partial charge in [0.1, 0.15) is 5.75 Å². The van der Waals surface area contributed by atoms with Gasteiger partial charge in [-0.15, -0.1) is 6.58 Å². The van der Waals surface area contributed by atoms with E-state index in [4.69, 9.17) is 4.74 Å². The van der Waals surface area contributed by atoms with E-state index < -0.39 is 0 Å². The molecule has 2 amide bonds. The van der Waals surface area contributed by atoms with Gasteiger partial charge in [-0.05, 0) is 18.2 Å². The highest BCUT2D eigenvalue weighted by molar-refractivity contribution is 6.02. The van der Waals surface area contributed by atoms with Crippen LogP contribution in [0.5, 0.6) is 5.75 Å². The van der Waals surface area contributed by atoms with Crippen molar-refractivity contribution in [3.8, 4) is 5.75 Å². The highest BCUT2D eigenvalue weighted by atomic mass is 16.5. The molecule has 1 aromatic rings. The van der Waals surface area contributed by atoms with Crippen molar-refractivity contribution < 1.29 is 19.1 Å². The van der Waals surface area contributed by atoms with E-state index in [2.05, 4.69) is 11.9 Å². The molecule has 0 saturated heterocycles. The Hall–Kier alpha value is -2.63. The van der Waals surface area contributed by atoms with Gasteiger partial charge >= 0.3 is 0 Å². The third kappa shape index (κ3) is 3.47. The van der Waals surface area contributed by atoms with Crippen LogP contribution >= 0.6 is 0 Å². The summed E-state index contributed by atoms with van der Waals surface area (Å²) in [6, 6.07) is 4.80. The number of amides is 2. The maximum atomic E-state index is 12.2. The van der Waals surface area contributed by atoms with Gasteiger partial charge < -0.3 is 15.0 Å². The van der Waals surface area contributed by atoms with E-state index in [1.807, 2.05) is 0 Å². The Morgan fingerprint density at radius 1 is 1.48 bits per heavy atom. The fraction of sp³-hybridized carbons (Fsp3) is 0.267. The van der Waals surface area contributed by atoms with E-state index in [9.17, 15) is 14.4 Å². The molecule has 0 aromatic heterocycles. The average Bonchev–Trinajstić information content (AvgIpc) is 2.45. The second-order valence-corrected chi connectivity index (χ2v) is 4.66. The summed E-state index contributed by atoms with van der Waals surface area (Å²) in [5, 5.41) is 2.64. The highest BCUT2D eigenvalue weighted by Crippen LogP contribution is 2.28. The van der Waals surface area contributed by atoms with Crippen LogP contribution in [0.15, 0.2) is 30.9 Å². The van der Waals surface area contributed by atoms with E-state index in [1.54, 1.807) is 24.3 Å². The molecule has 0 saturated carbocycles. The van der Waals surface area contributed by atoms with Crippen LogP contribution in [0, 0.1) is 0 Å². The summed E-state index contributed by atoms with van der Waals surface area (Å²) in [6.07, 6.45) is 1.57. The average molecular weight is 288 g/mol. The lowest BCUT2D eigenvalue weighted by Crippen LogP contribution is -2.34. The molecule has 0 spiro atoms. The highest BCUT2D eigenvalue weighted by Gasteiger charge is 2.19. The number of anilines is 1. The van der Waals surface area contributed by atoms with Crippen LogP contribution in [0.25, 0.3) is 0 Å². The summed E-state index contributed by atoms with van der Waals surface area (Å²) in [7, 11) is 0. The van der Waals surface area contributed by atoms with Crippen LogP contribution in [-0.4, -0.2) is 42.2 Å². The number of carbonyl (C=O) groups is 3. The topological polar surface area (TPSA) is 75.7 Å². The molecule has 1 heterocycles. The minimum atomic E-state index is -0.260. The molecule has 1 aliphatic rings. The summed E-state index contributed by atoms with van der Waals surface area (Å²) in [5.74, 6) is -0.141. The predicted molar refractivity (Wildman–Crippen MR) is 77.3 cm³/mol. The van der Waals surface area contributed by atoms with Crippen LogP contribution < -0.4 is 10.1 Å². The molecule has 6 nitrogen and oxygen atoms in total. The van der Waals surface area contributed by atoms with Crippen molar-refractivity contribution in [2.24, 2.45) is 0 Å². The van der Waals surface area contributed by atoms with E-state index in [0.717, 1.165) is 0 Å². The minimum absolute atomic E-state index is 0.0300. The Balaban J connectivity index is 2.16. The van der Waals surface area contributed by atoms with Gasteiger partial charge in [-0.3, -0.25) is 14.4 Å². The van der Waals surface area contributed by atoms with Crippen molar-refractivity contribution in [3.63, 3.8) is 0 Å².